The molecular formula is C16H16FNO. The normalized spacial score (nSPS) is 16.2. The molecule has 2 aromatic rings. The molecule has 19 heavy (non-hydrogen) atoms. The van der Waals surface area contributed by atoms with Gasteiger partial charge in [0, 0.05) is 23.9 Å². The van der Waals surface area contributed by atoms with Crippen LogP contribution in [0.1, 0.15) is 47.4 Å². The summed E-state index contributed by atoms with van der Waals surface area (Å²) in [4.78, 5) is 11.8. The van der Waals surface area contributed by atoms with Gasteiger partial charge in [-0.3, -0.25) is 4.79 Å². The Morgan fingerprint density at radius 3 is 2.89 bits per heavy atom. The van der Waals surface area contributed by atoms with Crippen LogP contribution in [-0.2, 0) is 6.42 Å². The third-order valence-electron chi connectivity index (χ3n) is 3.89. The van der Waals surface area contributed by atoms with E-state index < -0.39 is 0 Å². The molecule has 0 saturated carbocycles. The minimum atomic E-state index is -0.221. The fourth-order valence-electron chi connectivity index (χ4n) is 2.84. The highest BCUT2D eigenvalue weighted by Gasteiger charge is 2.22. The second kappa shape index (κ2) is 4.65. The van der Waals surface area contributed by atoms with Gasteiger partial charge in [0.15, 0.2) is 5.78 Å². The van der Waals surface area contributed by atoms with Gasteiger partial charge in [0.2, 0.25) is 0 Å². The van der Waals surface area contributed by atoms with Gasteiger partial charge in [0.1, 0.15) is 5.82 Å². The van der Waals surface area contributed by atoms with Gasteiger partial charge in [-0.2, -0.15) is 0 Å². The molecule has 2 nitrogen and oxygen atoms in total. The lowest BCUT2D eigenvalue weighted by atomic mass is 9.96. The lowest BCUT2D eigenvalue weighted by Crippen LogP contribution is -2.16. The fraction of sp³-hybridized carbons (Fsp3) is 0.312. The molecule has 0 radical (unpaired) electrons. The van der Waals surface area contributed by atoms with Gasteiger partial charge < -0.3 is 4.57 Å². The smallest absolute Gasteiger partial charge is 0.164 e. The molecule has 0 saturated heterocycles. The Morgan fingerprint density at radius 2 is 2.11 bits per heavy atom. The van der Waals surface area contributed by atoms with Crippen LogP contribution in [-0.4, -0.2) is 10.4 Å². The molecule has 1 aliphatic carbocycles. The van der Waals surface area contributed by atoms with Crippen molar-refractivity contribution in [1.29, 1.82) is 0 Å². The zero-order valence-corrected chi connectivity index (χ0v) is 10.9. The number of ketones is 1. The van der Waals surface area contributed by atoms with E-state index in [1.165, 1.54) is 6.07 Å². The van der Waals surface area contributed by atoms with Crippen molar-refractivity contribution in [3.63, 3.8) is 0 Å². The van der Waals surface area contributed by atoms with E-state index >= 15 is 0 Å². The first-order valence-electron chi connectivity index (χ1n) is 6.65. The van der Waals surface area contributed by atoms with Gasteiger partial charge >= 0.3 is 0 Å². The minimum Gasteiger partial charge on any atom is -0.344 e. The molecule has 0 N–H and O–H groups in total. The zero-order chi connectivity index (χ0) is 13.4. The molecule has 0 aliphatic heterocycles. The molecular weight excluding hydrogens is 241 g/mol. The molecule has 1 unspecified atom stereocenters. The molecule has 3 heteroatoms. The average molecular weight is 257 g/mol. The quantitative estimate of drug-likeness (QED) is 0.803. The van der Waals surface area contributed by atoms with Crippen LogP contribution in [0.2, 0.25) is 0 Å². The topological polar surface area (TPSA) is 22.0 Å². The largest absolute Gasteiger partial charge is 0.344 e. The van der Waals surface area contributed by atoms with E-state index in [1.807, 2.05) is 25.3 Å². The Morgan fingerprint density at radius 1 is 1.26 bits per heavy atom. The fourth-order valence-corrected chi connectivity index (χ4v) is 2.84. The van der Waals surface area contributed by atoms with Crippen LogP contribution >= 0.6 is 0 Å². The molecule has 0 spiro atoms. The molecule has 1 aliphatic rings. The number of fused-ring (bicyclic) bond motifs is 1. The number of nitrogens with zero attached hydrogens (tertiary/aromatic N) is 1. The minimum absolute atomic E-state index is 0.0466. The van der Waals surface area contributed by atoms with Gasteiger partial charge in [0.05, 0.1) is 6.04 Å². The Bertz CT molecular complexity index is 629. The van der Waals surface area contributed by atoms with Crippen LogP contribution in [0.3, 0.4) is 0 Å². The number of carbonyl (C=O) groups is 1. The molecule has 1 aromatic carbocycles. The van der Waals surface area contributed by atoms with E-state index in [-0.39, 0.29) is 17.6 Å². The number of hydrogen-bond donors (Lipinski definition) is 0. The lowest BCUT2D eigenvalue weighted by Gasteiger charge is -2.21. The van der Waals surface area contributed by atoms with Crippen molar-refractivity contribution >= 4 is 5.78 Å². The van der Waals surface area contributed by atoms with Crippen molar-refractivity contribution in [3.8, 4) is 0 Å². The van der Waals surface area contributed by atoms with Crippen molar-refractivity contribution in [2.45, 2.75) is 32.2 Å². The average Bonchev–Trinajstić information content (AvgIpc) is 2.83. The third kappa shape index (κ3) is 2.09. The highest BCUT2D eigenvalue weighted by atomic mass is 19.1. The predicted octanol–water partition coefficient (Wildman–Crippen LogP) is 3.76. The van der Waals surface area contributed by atoms with E-state index in [9.17, 15) is 9.18 Å². The Kier molecular flexibility index (Phi) is 2.97. The number of hydrogen-bond acceptors (Lipinski definition) is 1. The Hall–Kier alpha value is -1.90. The first-order chi connectivity index (χ1) is 9.16. The van der Waals surface area contributed by atoms with Crippen molar-refractivity contribution in [3.05, 3.63) is 59.2 Å². The number of carbonyl (C=O) groups excluding carboxylic acids is 1. The summed E-state index contributed by atoms with van der Waals surface area (Å²) in [5, 5.41) is 0. The molecule has 1 aromatic heterocycles. The predicted molar refractivity (Wildman–Crippen MR) is 71.9 cm³/mol. The van der Waals surface area contributed by atoms with Crippen LogP contribution in [0.4, 0.5) is 4.39 Å². The third-order valence-corrected chi connectivity index (χ3v) is 3.89. The summed E-state index contributed by atoms with van der Waals surface area (Å²) in [5.41, 5.74) is 2.86. The van der Waals surface area contributed by atoms with Crippen molar-refractivity contribution in [2.24, 2.45) is 0 Å². The summed E-state index contributed by atoms with van der Waals surface area (Å²) in [6, 6.07) is 8.59. The van der Waals surface area contributed by atoms with Gasteiger partial charge in [-0.15, -0.1) is 0 Å². The summed E-state index contributed by atoms with van der Waals surface area (Å²) < 4.78 is 15.4. The van der Waals surface area contributed by atoms with E-state index in [2.05, 4.69) is 4.57 Å². The summed E-state index contributed by atoms with van der Waals surface area (Å²) in [6.07, 6.45) is 4.42. The molecule has 1 heterocycles. The summed E-state index contributed by atoms with van der Waals surface area (Å²) in [7, 11) is 0. The molecule has 3 rings (SSSR count). The summed E-state index contributed by atoms with van der Waals surface area (Å²) in [6.45, 7) is 2.04. The number of Topliss-reactive ketones (excluding diaryl/α,β-unsaturated/α-hetero) is 1. The SMILES string of the molecule is CC(c1cccc(F)c1)n1ccc2c1CCCC2=O. The number of aromatic nitrogens is 1. The second-order valence-electron chi connectivity index (χ2n) is 5.09. The monoisotopic (exact) mass is 257 g/mol. The van der Waals surface area contributed by atoms with E-state index in [1.54, 1.807) is 12.1 Å². The van der Waals surface area contributed by atoms with Crippen molar-refractivity contribution < 1.29 is 9.18 Å². The Labute approximate surface area is 111 Å². The van der Waals surface area contributed by atoms with E-state index in [4.69, 9.17) is 0 Å². The maximum Gasteiger partial charge on any atom is 0.164 e. The van der Waals surface area contributed by atoms with Crippen molar-refractivity contribution in [2.75, 3.05) is 0 Å². The van der Waals surface area contributed by atoms with E-state index in [0.717, 1.165) is 29.7 Å². The highest BCUT2D eigenvalue weighted by Crippen LogP contribution is 2.28. The van der Waals surface area contributed by atoms with Crippen LogP contribution < -0.4 is 0 Å². The lowest BCUT2D eigenvalue weighted by molar-refractivity contribution is 0.0971. The van der Waals surface area contributed by atoms with Crippen LogP contribution in [0.15, 0.2) is 36.5 Å². The molecule has 0 amide bonds. The maximum absolute atomic E-state index is 13.3. The van der Waals surface area contributed by atoms with Gasteiger partial charge in [-0.1, -0.05) is 12.1 Å². The highest BCUT2D eigenvalue weighted by molar-refractivity contribution is 5.98. The number of rotatable bonds is 2. The Balaban J connectivity index is 2.01. The molecule has 98 valence electrons. The molecule has 0 fully saturated rings. The first kappa shape index (κ1) is 12.2. The molecule has 0 bridgehead atoms. The van der Waals surface area contributed by atoms with Crippen LogP contribution in [0, 0.1) is 5.82 Å². The number of halogens is 1. The van der Waals surface area contributed by atoms with Crippen molar-refractivity contribution in [1.82, 2.24) is 4.57 Å². The number of benzene rings is 1. The first-order valence-corrected chi connectivity index (χ1v) is 6.65. The van der Waals surface area contributed by atoms with E-state index in [0.29, 0.717) is 6.42 Å². The maximum atomic E-state index is 13.3. The summed E-state index contributed by atoms with van der Waals surface area (Å²) >= 11 is 0. The van der Waals surface area contributed by atoms with Crippen LogP contribution in [0.25, 0.3) is 0 Å². The molecule has 1 atom stereocenters. The standard InChI is InChI=1S/C16H16FNO/c1-11(12-4-2-5-13(17)10-12)18-9-8-14-15(18)6-3-7-16(14)19/h2,4-5,8-11H,3,6-7H2,1H3. The van der Waals surface area contributed by atoms with Gasteiger partial charge in [-0.05, 0) is 43.5 Å². The van der Waals surface area contributed by atoms with Gasteiger partial charge in [-0.25, -0.2) is 4.39 Å². The van der Waals surface area contributed by atoms with Gasteiger partial charge in [0.25, 0.3) is 0 Å². The summed E-state index contributed by atoms with van der Waals surface area (Å²) in [5.74, 6) is 0.00731. The zero-order valence-electron chi connectivity index (χ0n) is 10.9. The van der Waals surface area contributed by atoms with Crippen LogP contribution in [0.5, 0.6) is 0 Å². The second-order valence-corrected chi connectivity index (χ2v) is 5.09.